The SMILES string of the molecule is Cc1csc(C2=N[C@H](C)CCS2)c1. The van der Waals surface area contributed by atoms with Gasteiger partial charge in [-0.15, -0.1) is 23.1 Å². The molecule has 1 aliphatic rings. The Morgan fingerprint density at radius 3 is 3.00 bits per heavy atom. The van der Waals surface area contributed by atoms with Crippen LogP contribution in [0, 0.1) is 6.92 Å². The lowest BCUT2D eigenvalue weighted by molar-refractivity contribution is 0.721. The maximum atomic E-state index is 4.66. The fourth-order valence-electron chi connectivity index (χ4n) is 1.31. The highest BCUT2D eigenvalue weighted by Crippen LogP contribution is 2.26. The maximum Gasteiger partial charge on any atom is 0.108 e. The van der Waals surface area contributed by atoms with Crippen LogP contribution in [0.4, 0.5) is 0 Å². The summed E-state index contributed by atoms with van der Waals surface area (Å²) in [4.78, 5) is 6.00. The van der Waals surface area contributed by atoms with Crippen LogP contribution in [0.1, 0.15) is 23.8 Å². The highest BCUT2D eigenvalue weighted by atomic mass is 32.2. The normalized spacial score (nSPS) is 22.9. The summed E-state index contributed by atoms with van der Waals surface area (Å²) in [5, 5.41) is 3.44. The number of thiophene rings is 1. The molecular formula is C10H13NS2. The minimum absolute atomic E-state index is 0.513. The molecule has 1 aliphatic heterocycles. The molecule has 0 aromatic carbocycles. The number of hydrogen-bond donors (Lipinski definition) is 0. The van der Waals surface area contributed by atoms with Gasteiger partial charge in [0.05, 0.1) is 4.88 Å². The zero-order valence-corrected chi connectivity index (χ0v) is 9.54. The van der Waals surface area contributed by atoms with Gasteiger partial charge in [0.2, 0.25) is 0 Å². The number of rotatable bonds is 1. The average molecular weight is 211 g/mol. The van der Waals surface area contributed by atoms with E-state index in [2.05, 4.69) is 30.3 Å². The van der Waals surface area contributed by atoms with E-state index in [0.29, 0.717) is 6.04 Å². The number of thioether (sulfide) groups is 1. The van der Waals surface area contributed by atoms with Gasteiger partial charge in [0, 0.05) is 11.8 Å². The summed E-state index contributed by atoms with van der Waals surface area (Å²) in [6.07, 6.45) is 1.22. The smallest absolute Gasteiger partial charge is 0.108 e. The Kier molecular flexibility index (Phi) is 2.74. The van der Waals surface area contributed by atoms with Gasteiger partial charge in [-0.3, -0.25) is 4.99 Å². The number of aryl methyl sites for hydroxylation is 1. The molecule has 0 bridgehead atoms. The topological polar surface area (TPSA) is 12.4 Å². The molecule has 0 amide bonds. The van der Waals surface area contributed by atoms with Crippen LogP contribution in [0.2, 0.25) is 0 Å². The van der Waals surface area contributed by atoms with Gasteiger partial charge in [-0.25, -0.2) is 0 Å². The third-order valence-electron chi connectivity index (χ3n) is 2.05. The summed E-state index contributed by atoms with van der Waals surface area (Å²) in [5.41, 5.74) is 1.35. The van der Waals surface area contributed by atoms with E-state index in [9.17, 15) is 0 Å². The first kappa shape index (κ1) is 9.28. The van der Waals surface area contributed by atoms with Crippen molar-refractivity contribution in [1.29, 1.82) is 0 Å². The first-order chi connectivity index (χ1) is 6.25. The van der Waals surface area contributed by atoms with E-state index in [4.69, 9.17) is 0 Å². The summed E-state index contributed by atoms with van der Waals surface area (Å²) in [6, 6.07) is 2.74. The summed E-state index contributed by atoms with van der Waals surface area (Å²) in [7, 11) is 0. The van der Waals surface area contributed by atoms with Crippen LogP contribution < -0.4 is 0 Å². The molecule has 1 atom stereocenters. The molecule has 0 saturated carbocycles. The third kappa shape index (κ3) is 2.15. The second-order valence-electron chi connectivity index (χ2n) is 3.41. The van der Waals surface area contributed by atoms with Crippen molar-refractivity contribution in [1.82, 2.24) is 0 Å². The molecule has 0 N–H and O–H groups in total. The molecule has 3 heteroatoms. The van der Waals surface area contributed by atoms with Crippen LogP contribution in [-0.2, 0) is 0 Å². The van der Waals surface area contributed by atoms with E-state index in [1.807, 2.05) is 11.8 Å². The van der Waals surface area contributed by atoms with Crippen molar-refractivity contribution in [3.8, 4) is 0 Å². The highest BCUT2D eigenvalue weighted by molar-refractivity contribution is 8.14. The Bertz CT molecular complexity index is 327. The molecule has 2 rings (SSSR count). The molecule has 13 heavy (non-hydrogen) atoms. The fourth-order valence-corrected chi connectivity index (χ4v) is 3.52. The van der Waals surface area contributed by atoms with Crippen molar-refractivity contribution in [2.75, 3.05) is 5.75 Å². The Morgan fingerprint density at radius 1 is 1.54 bits per heavy atom. The van der Waals surface area contributed by atoms with Gasteiger partial charge in [0.1, 0.15) is 5.04 Å². The first-order valence-electron chi connectivity index (χ1n) is 4.52. The van der Waals surface area contributed by atoms with Crippen molar-refractivity contribution in [2.45, 2.75) is 26.3 Å². The van der Waals surface area contributed by atoms with E-state index in [-0.39, 0.29) is 0 Å². The molecule has 1 nitrogen and oxygen atoms in total. The lowest BCUT2D eigenvalue weighted by atomic mass is 10.3. The average Bonchev–Trinajstić information content (AvgIpc) is 2.52. The van der Waals surface area contributed by atoms with Crippen molar-refractivity contribution in [3.05, 3.63) is 21.9 Å². The van der Waals surface area contributed by atoms with E-state index in [0.717, 1.165) is 0 Å². The largest absolute Gasteiger partial charge is 0.274 e. The summed E-state index contributed by atoms with van der Waals surface area (Å²) < 4.78 is 0. The zero-order chi connectivity index (χ0) is 9.26. The summed E-state index contributed by atoms with van der Waals surface area (Å²) >= 11 is 3.70. The van der Waals surface area contributed by atoms with Crippen molar-refractivity contribution < 1.29 is 0 Å². The van der Waals surface area contributed by atoms with Gasteiger partial charge >= 0.3 is 0 Å². The maximum absolute atomic E-state index is 4.66. The predicted octanol–water partition coefficient (Wildman–Crippen LogP) is 3.33. The van der Waals surface area contributed by atoms with E-state index < -0.39 is 0 Å². The van der Waals surface area contributed by atoms with Gasteiger partial charge < -0.3 is 0 Å². The number of hydrogen-bond acceptors (Lipinski definition) is 3. The van der Waals surface area contributed by atoms with Crippen LogP contribution in [0.5, 0.6) is 0 Å². The molecule has 0 radical (unpaired) electrons. The predicted molar refractivity (Wildman–Crippen MR) is 62.1 cm³/mol. The van der Waals surface area contributed by atoms with Crippen molar-refractivity contribution >= 4 is 28.1 Å². The van der Waals surface area contributed by atoms with Gasteiger partial charge in [0.15, 0.2) is 0 Å². The molecule has 0 unspecified atom stereocenters. The third-order valence-corrected chi connectivity index (χ3v) is 4.28. The molecule has 0 aliphatic carbocycles. The molecule has 2 heterocycles. The Morgan fingerprint density at radius 2 is 2.38 bits per heavy atom. The Hall–Kier alpha value is -0.280. The molecule has 70 valence electrons. The van der Waals surface area contributed by atoms with E-state index in [1.54, 1.807) is 11.3 Å². The van der Waals surface area contributed by atoms with Crippen LogP contribution in [0.3, 0.4) is 0 Å². The number of aliphatic imine (C=N–C) groups is 1. The number of nitrogens with zero attached hydrogens (tertiary/aromatic N) is 1. The van der Waals surface area contributed by atoms with Crippen LogP contribution >= 0.6 is 23.1 Å². The van der Waals surface area contributed by atoms with E-state index in [1.165, 1.54) is 27.7 Å². The molecule has 0 spiro atoms. The fraction of sp³-hybridized carbons (Fsp3) is 0.500. The van der Waals surface area contributed by atoms with Gasteiger partial charge in [-0.2, -0.15) is 0 Å². The molecular weight excluding hydrogens is 198 g/mol. The summed E-state index contributed by atoms with van der Waals surface area (Å²) in [6.45, 7) is 4.33. The minimum Gasteiger partial charge on any atom is -0.274 e. The summed E-state index contributed by atoms with van der Waals surface area (Å²) in [5.74, 6) is 1.22. The molecule has 1 aromatic heterocycles. The Balaban J connectivity index is 2.25. The Labute approximate surface area is 87.3 Å². The molecule has 0 saturated heterocycles. The minimum atomic E-state index is 0.513. The first-order valence-corrected chi connectivity index (χ1v) is 6.38. The van der Waals surface area contributed by atoms with Gasteiger partial charge in [-0.1, -0.05) is 0 Å². The standard InChI is InChI=1S/C10H13NS2/c1-7-5-9(13-6-7)10-11-8(2)3-4-12-10/h5-6,8H,3-4H2,1-2H3/t8-/m1/s1. The lowest BCUT2D eigenvalue weighted by Crippen LogP contribution is -2.11. The molecule has 0 fully saturated rings. The second kappa shape index (κ2) is 3.84. The second-order valence-corrected chi connectivity index (χ2v) is 5.40. The molecule has 1 aromatic rings. The van der Waals surface area contributed by atoms with Crippen molar-refractivity contribution in [2.24, 2.45) is 4.99 Å². The monoisotopic (exact) mass is 211 g/mol. The van der Waals surface area contributed by atoms with Crippen LogP contribution in [-0.4, -0.2) is 16.8 Å². The van der Waals surface area contributed by atoms with Crippen LogP contribution in [0.15, 0.2) is 16.4 Å². The zero-order valence-electron chi connectivity index (χ0n) is 7.91. The van der Waals surface area contributed by atoms with Crippen LogP contribution in [0.25, 0.3) is 0 Å². The lowest BCUT2D eigenvalue weighted by Gasteiger charge is -2.15. The van der Waals surface area contributed by atoms with E-state index >= 15 is 0 Å². The van der Waals surface area contributed by atoms with Gasteiger partial charge in [0.25, 0.3) is 0 Å². The highest BCUT2D eigenvalue weighted by Gasteiger charge is 2.14. The quantitative estimate of drug-likeness (QED) is 0.694. The van der Waals surface area contributed by atoms with Crippen molar-refractivity contribution in [3.63, 3.8) is 0 Å². The van der Waals surface area contributed by atoms with Gasteiger partial charge in [-0.05, 0) is 37.3 Å².